The molecule has 0 fully saturated rings. The first-order valence-corrected chi connectivity index (χ1v) is 10.9. The van der Waals surface area contributed by atoms with E-state index in [1.807, 2.05) is 30.3 Å². The van der Waals surface area contributed by atoms with Crippen LogP contribution in [0, 0.1) is 0 Å². The monoisotopic (exact) mass is 459 g/mol. The van der Waals surface area contributed by atoms with E-state index in [1.165, 1.54) is 0 Å². The van der Waals surface area contributed by atoms with Crippen molar-refractivity contribution in [2.75, 3.05) is 11.9 Å². The van der Waals surface area contributed by atoms with Crippen molar-refractivity contribution in [3.8, 4) is 0 Å². The largest absolute Gasteiger partial charge is 0.444 e. The minimum Gasteiger partial charge on any atom is -0.444 e. The molecule has 0 radical (unpaired) electrons. The van der Waals surface area contributed by atoms with Gasteiger partial charge in [0, 0.05) is 36.6 Å². The molecule has 7 nitrogen and oxygen atoms in total. The van der Waals surface area contributed by atoms with Crippen LogP contribution in [0.5, 0.6) is 0 Å². The Kier molecular flexibility index (Phi) is 9.53. The van der Waals surface area contributed by atoms with Crippen molar-refractivity contribution in [3.05, 3.63) is 64.7 Å². The highest BCUT2D eigenvalue weighted by Gasteiger charge is 2.16. The number of rotatable bonds is 9. The van der Waals surface area contributed by atoms with Gasteiger partial charge in [0.05, 0.1) is 0 Å². The van der Waals surface area contributed by atoms with Gasteiger partial charge in [0.2, 0.25) is 11.8 Å². The van der Waals surface area contributed by atoms with E-state index in [9.17, 15) is 14.4 Å². The fourth-order valence-electron chi connectivity index (χ4n) is 2.81. The Bertz CT molecular complexity index is 941. The second-order valence-corrected chi connectivity index (χ2v) is 8.70. The smallest absolute Gasteiger partial charge is 0.407 e. The summed E-state index contributed by atoms with van der Waals surface area (Å²) >= 11 is 6.12. The number of carbonyl (C=O) groups is 3. The van der Waals surface area contributed by atoms with Gasteiger partial charge in [0.25, 0.3) is 0 Å². The molecule has 0 spiro atoms. The number of anilines is 1. The SMILES string of the molecule is CC(C)(C)OC(=O)NCCC(=O)Nc1cccc(CNC(=O)CCc2ccccc2Cl)c1. The van der Waals surface area contributed by atoms with Crippen LogP contribution in [-0.2, 0) is 27.3 Å². The molecule has 172 valence electrons. The molecular weight excluding hydrogens is 430 g/mol. The van der Waals surface area contributed by atoms with Crippen LogP contribution < -0.4 is 16.0 Å². The van der Waals surface area contributed by atoms with Gasteiger partial charge in [0.1, 0.15) is 5.60 Å². The first-order valence-electron chi connectivity index (χ1n) is 10.5. The van der Waals surface area contributed by atoms with Gasteiger partial charge in [0.15, 0.2) is 0 Å². The summed E-state index contributed by atoms with van der Waals surface area (Å²) in [5, 5.41) is 8.87. The number of halogens is 1. The fourth-order valence-corrected chi connectivity index (χ4v) is 3.04. The lowest BCUT2D eigenvalue weighted by molar-refractivity contribution is -0.121. The van der Waals surface area contributed by atoms with Gasteiger partial charge in [-0.25, -0.2) is 4.79 Å². The Morgan fingerprint density at radius 2 is 1.69 bits per heavy atom. The lowest BCUT2D eigenvalue weighted by atomic mass is 10.1. The van der Waals surface area contributed by atoms with Gasteiger partial charge in [-0.1, -0.05) is 41.9 Å². The highest BCUT2D eigenvalue weighted by atomic mass is 35.5. The van der Waals surface area contributed by atoms with Gasteiger partial charge < -0.3 is 20.7 Å². The molecule has 0 unspecified atom stereocenters. The number of amides is 3. The van der Waals surface area contributed by atoms with Gasteiger partial charge in [-0.2, -0.15) is 0 Å². The van der Waals surface area contributed by atoms with Gasteiger partial charge in [-0.15, -0.1) is 0 Å². The number of aryl methyl sites for hydroxylation is 1. The number of nitrogens with one attached hydrogen (secondary N) is 3. The first kappa shape index (κ1) is 25.2. The summed E-state index contributed by atoms with van der Waals surface area (Å²) in [6.07, 6.45) is 0.462. The third-order valence-corrected chi connectivity index (χ3v) is 4.67. The van der Waals surface area contributed by atoms with Crippen molar-refractivity contribution in [1.29, 1.82) is 0 Å². The molecule has 0 atom stereocenters. The van der Waals surface area contributed by atoms with Gasteiger partial charge >= 0.3 is 6.09 Å². The standard InChI is InChI=1S/C24H30ClN3O4/c1-24(2,3)32-23(31)26-14-13-22(30)28-19-9-6-7-17(15-19)16-27-21(29)12-11-18-8-4-5-10-20(18)25/h4-10,15H,11-14,16H2,1-3H3,(H,26,31)(H,27,29)(H,28,30). The maximum atomic E-state index is 12.2. The minimum atomic E-state index is -0.587. The molecule has 3 N–H and O–H groups in total. The van der Waals surface area contributed by atoms with Crippen molar-refractivity contribution in [2.24, 2.45) is 0 Å². The number of hydrogen-bond donors (Lipinski definition) is 3. The highest BCUT2D eigenvalue weighted by molar-refractivity contribution is 6.31. The lowest BCUT2D eigenvalue weighted by Crippen LogP contribution is -2.34. The molecule has 2 aromatic carbocycles. The number of ether oxygens (including phenoxy) is 1. The molecule has 0 saturated heterocycles. The molecule has 0 bridgehead atoms. The van der Waals surface area contributed by atoms with Crippen LogP contribution in [-0.4, -0.2) is 30.1 Å². The van der Waals surface area contributed by atoms with Crippen molar-refractivity contribution in [2.45, 2.75) is 52.2 Å². The summed E-state index contributed by atoms with van der Waals surface area (Å²) in [7, 11) is 0. The van der Waals surface area contributed by atoms with Crippen molar-refractivity contribution >= 4 is 35.2 Å². The summed E-state index contributed by atoms with van der Waals surface area (Å²) < 4.78 is 5.13. The quantitative estimate of drug-likeness (QED) is 0.516. The van der Waals surface area contributed by atoms with Crippen molar-refractivity contribution < 1.29 is 19.1 Å². The van der Waals surface area contributed by atoms with Crippen LogP contribution in [0.3, 0.4) is 0 Å². The van der Waals surface area contributed by atoms with E-state index in [0.717, 1.165) is 11.1 Å². The predicted octanol–water partition coefficient (Wildman–Crippen LogP) is 4.44. The zero-order chi connectivity index (χ0) is 23.6. The molecule has 0 saturated carbocycles. The van der Waals surface area contributed by atoms with E-state index in [1.54, 1.807) is 39.0 Å². The number of alkyl carbamates (subject to hydrolysis) is 1. The van der Waals surface area contributed by atoms with Gasteiger partial charge in [-0.05, 0) is 56.5 Å². The van der Waals surface area contributed by atoms with E-state index in [0.29, 0.717) is 30.1 Å². The maximum absolute atomic E-state index is 12.2. The molecule has 3 amide bonds. The summed E-state index contributed by atoms with van der Waals surface area (Å²) in [5.74, 6) is -0.311. The number of carbonyl (C=O) groups excluding carboxylic acids is 3. The normalized spacial score (nSPS) is 10.9. The summed E-state index contributed by atoms with van der Waals surface area (Å²) in [6, 6.07) is 14.7. The fraction of sp³-hybridized carbons (Fsp3) is 0.375. The van der Waals surface area contributed by atoms with Crippen LogP contribution in [0.4, 0.5) is 10.5 Å². The predicted molar refractivity (Wildman–Crippen MR) is 126 cm³/mol. The van der Waals surface area contributed by atoms with Crippen LogP contribution in [0.1, 0.15) is 44.7 Å². The summed E-state index contributed by atoms with van der Waals surface area (Å²) in [6.45, 7) is 5.84. The van der Waals surface area contributed by atoms with Crippen molar-refractivity contribution in [3.63, 3.8) is 0 Å². The zero-order valence-electron chi connectivity index (χ0n) is 18.7. The first-order chi connectivity index (χ1) is 15.1. The Balaban J connectivity index is 1.73. The molecular formula is C24H30ClN3O4. The van der Waals surface area contributed by atoms with Crippen LogP contribution in [0.15, 0.2) is 48.5 Å². The highest BCUT2D eigenvalue weighted by Crippen LogP contribution is 2.16. The molecule has 0 heterocycles. The zero-order valence-corrected chi connectivity index (χ0v) is 19.4. The maximum Gasteiger partial charge on any atom is 0.407 e. The topological polar surface area (TPSA) is 96.5 Å². The molecule has 32 heavy (non-hydrogen) atoms. The van der Waals surface area contributed by atoms with E-state index in [-0.39, 0.29) is 24.8 Å². The van der Waals surface area contributed by atoms with Crippen LogP contribution in [0.2, 0.25) is 5.02 Å². The van der Waals surface area contributed by atoms with E-state index in [4.69, 9.17) is 16.3 Å². The van der Waals surface area contributed by atoms with Crippen LogP contribution >= 0.6 is 11.6 Å². The van der Waals surface area contributed by atoms with E-state index in [2.05, 4.69) is 16.0 Å². The second-order valence-electron chi connectivity index (χ2n) is 8.30. The summed E-state index contributed by atoms with van der Waals surface area (Å²) in [5.41, 5.74) is 1.84. The third-order valence-electron chi connectivity index (χ3n) is 4.30. The molecule has 0 aliphatic rings. The third kappa shape index (κ3) is 9.83. The Morgan fingerprint density at radius 1 is 0.938 bits per heavy atom. The molecule has 0 aliphatic heterocycles. The second kappa shape index (κ2) is 12.1. The van der Waals surface area contributed by atoms with Crippen molar-refractivity contribution in [1.82, 2.24) is 10.6 Å². The van der Waals surface area contributed by atoms with E-state index < -0.39 is 11.7 Å². The van der Waals surface area contributed by atoms with Crippen LogP contribution in [0.25, 0.3) is 0 Å². The Morgan fingerprint density at radius 3 is 2.41 bits per heavy atom. The Labute approximate surface area is 193 Å². The van der Waals surface area contributed by atoms with E-state index >= 15 is 0 Å². The Hall–Kier alpha value is -3.06. The number of benzene rings is 2. The number of hydrogen-bond acceptors (Lipinski definition) is 4. The molecule has 0 aromatic heterocycles. The molecule has 0 aliphatic carbocycles. The molecule has 2 aromatic rings. The lowest BCUT2D eigenvalue weighted by Gasteiger charge is -2.19. The minimum absolute atomic E-state index is 0.0763. The average molecular weight is 460 g/mol. The summed E-state index contributed by atoms with van der Waals surface area (Å²) in [4.78, 5) is 35.9. The molecule has 8 heteroatoms. The molecule has 2 rings (SSSR count). The van der Waals surface area contributed by atoms with Gasteiger partial charge in [-0.3, -0.25) is 9.59 Å². The average Bonchev–Trinajstić information content (AvgIpc) is 2.70.